The minimum Gasteiger partial charge on any atom is -0.386 e. The Labute approximate surface area is 117 Å². The molecule has 0 aliphatic rings. The maximum Gasteiger partial charge on any atom is 0.233 e. The van der Waals surface area contributed by atoms with Crippen molar-refractivity contribution in [3.05, 3.63) is 34.9 Å². The lowest BCUT2D eigenvalue weighted by Crippen LogP contribution is -2.40. The normalized spacial score (nSPS) is 15.8. The Balaban J connectivity index is 2.64. The molecule has 100 valence electrons. The van der Waals surface area contributed by atoms with Gasteiger partial charge in [0.25, 0.3) is 0 Å². The average Bonchev–Trinajstić information content (AvgIpc) is 2.37. The van der Waals surface area contributed by atoms with Gasteiger partial charge in [0.05, 0.1) is 17.4 Å². The van der Waals surface area contributed by atoms with E-state index >= 15 is 0 Å². The van der Waals surface area contributed by atoms with E-state index < -0.39 is 6.10 Å². The first-order chi connectivity index (χ1) is 8.45. The number of benzene rings is 1. The molecule has 3 unspecified atom stereocenters. The fraction of sp³-hybridized carbons (Fsp3) is 0.462. The molecule has 0 spiro atoms. The smallest absolute Gasteiger partial charge is 0.233 e. The van der Waals surface area contributed by atoms with Crippen molar-refractivity contribution >= 4 is 29.3 Å². The molecule has 0 fully saturated rings. The lowest BCUT2D eigenvalue weighted by molar-refractivity contribution is -0.121. The molecule has 1 aromatic rings. The van der Waals surface area contributed by atoms with Crippen molar-refractivity contribution in [2.45, 2.75) is 31.2 Å². The van der Waals surface area contributed by atoms with Gasteiger partial charge in [0, 0.05) is 5.02 Å². The van der Waals surface area contributed by atoms with Crippen LogP contribution in [-0.4, -0.2) is 28.6 Å². The molecule has 0 heterocycles. The third kappa shape index (κ3) is 4.19. The molecule has 2 N–H and O–H groups in total. The summed E-state index contributed by atoms with van der Waals surface area (Å²) in [6.45, 7) is 3.62. The highest BCUT2D eigenvalue weighted by Crippen LogP contribution is 2.19. The summed E-state index contributed by atoms with van der Waals surface area (Å²) in [6, 6.07) is 6.62. The zero-order chi connectivity index (χ0) is 13.7. The van der Waals surface area contributed by atoms with Crippen molar-refractivity contribution in [1.29, 1.82) is 0 Å². The van der Waals surface area contributed by atoms with E-state index in [0.717, 1.165) is 5.56 Å². The molecule has 5 heteroatoms. The van der Waals surface area contributed by atoms with Gasteiger partial charge in [0.1, 0.15) is 0 Å². The summed E-state index contributed by atoms with van der Waals surface area (Å²) >= 11 is 7.26. The first-order valence-electron chi connectivity index (χ1n) is 5.72. The zero-order valence-electron chi connectivity index (χ0n) is 10.7. The monoisotopic (exact) mass is 287 g/mol. The van der Waals surface area contributed by atoms with Crippen LogP contribution in [0.3, 0.4) is 0 Å². The number of amides is 1. The number of carbonyl (C=O) groups is 1. The summed E-state index contributed by atoms with van der Waals surface area (Å²) in [5, 5.41) is 13.4. The van der Waals surface area contributed by atoms with Gasteiger partial charge in [-0.15, -0.1) is 0 Å². The van der Waals surface area contributed by atoms with Gasteiger partial charge in [-0.05, 0) is 37.8 Å². The maximum absolute atomic E-state index is 11.7. The van der Waals surface area contributed by atoms with Crippen LogP contribution in [0.15, 0.2) is 24.3 Å². The number of aliphatic hydroxyl groups is 1. The van der Waals surface area contributed by atoms with Crippen molar-refractivity contribution in [2.75, 3.05) is 6.26 Å². The molecule has 1 amide bonds. The van der Waals surface area contributed by atoms with Crippen LogP contribution < -0.4 is 5.32 Å². The first-order valence-corrected chi connectivity index (χ1v) is 7.39. The molecule has 0 aliphatic heterocycles. The van der Waals surface area contributed by atoms with Gasteiger partial charge < -0.3 is 10.4 Å². The Morgan fingerprint density at radius 3 is 2.39 bits per heavy atom. The lowest BCUT2D eigenvalue weighted by Gasteiger charge is -2.22. The topological polar surface area (TPSA) is 49.3 Å². The SMILES string of the molecule is CSC(C)C(=O)NC(C)C(O)c1ccc(Cl)cc1. The standard InChI is InChI=1S/C13H18ClNO2S/c1-8(15-13(17)9(2)18-3)12(16)10-4-6-11(14)7-5-10/h4-9,12,16H,1-3H3,(H,15,17). The Morgan fingerprint density at radius 1 is 1.33 bits per heavy atom. The fourth-order valence-corrected chi connectivity index (χ4v) is 1.88. The predicted octanol–water partition coefficient (Wildman–Crippen LogP) is 2.63. The molecule has 1 rings (SSSR count). The Kier molecular flexibility index (Phi) is 5.99. The van der Waals surface area contributed by atoms with Crippen LogP contribution in [-0.2, 0) is 4.79 Å². The molecular weight excluding hydrogens is 270 g/mol. The second-order valence-electron chi connectivity index (χ2n) is 4.17. The van der Waals surface area contributed by atoms with Crippen LogP contribution in [0.5, 0.6) is 0 Å². The quantitative estimate of drug-likeness (QED) is 0.875. The van der Waals surface area contributed by atoms with E-state index in [1.807, 2.05) is 13.2 Å². The highest BCUT2D eigenvalue weighted by molar-refractivity contribution is 7.99. The van der Waals surface area contributed by atoms with Crippen LogP contribution in [0.4, 0.5) is 0 Å². The highest BCUT2D eigenvalue weighted by atomic mass is 35.5. The Morgan fingerprint density at radius 2 is 1.89 bits per heavy atom. The summed E-state index contributed by atoms with van der Waals surface area (Å²) in [6.07, 6.45) is 1.14. The largest absolute Gasteiger partial charge is 0.386 e. The van der Waals surface area contributed by atoms with E-state index in [4.69, 9.17) is 11.6 Å². The highest BCUT2D eigenvalue weighted by Gasteiger charge is 2.20. The first kappa shape index (κ1) is 15.3. The fourth-order valence-electron chi connectivity index (χ4n) is 1.48. The average molecular weight is 288 g/mol. The number of carbonyl (C=O) groups excluding carboxylic acids is 1. The van der Waals surface area contributed by atoms with Crippen molar-refractivity contribution in [3.63, 3.8) is 0 Å². The Hall–Kier alpha value is -0.710. The molecule has 0 aromatic heterocycles. The third-order valence-electron chi connectivity index (χ3n) is 2.78. The molecule has 3 nitrogen and oxygen atoms in total. The number of hydrogen-bond donors (Lipinski definition) is 2. The van der Waals surface area contributed by atoms with Gasteiger partial charge >= 0.3 is 0 Å². The van der Waals surface area contributed by atoms with Crippen LogP contribution in [0.25, 0.3) is 0 Å². The molecule has 0 bridgehead atoms. The Bertz CT molecular complexity index is 396. The van der Waals surface area contributed by atoms with Crippen LogP contribution in [0.2, 0.25) is 5.02 Å². The van der Waals surface area contributed by atoms with E-state index in [1.165, 1.54) is 11.8 Å². The molecule has 0 saturated carbocycles. The van der Waals surface area contributed by atoms with E-state index in [1.54, 1.807) is 31.2 Å². The van der Waals surface area contributed by atoms with Crippen molar-refractivity contribution in [1.82, 2.24) is 5.32 Å². The van der Waals surface area contributed by atoms with Crippen LogP contribution in [0, 0.1) is 0 Å². The molecule has 18 heavy (non-hydrogen) atoms. The second-order valence-corrected chi connectivity index (χ2v) is 5.79. The molecule has 0 saturated heterocycles. The minimum atomic E-state index is -0.736. The lowest BCUT2D eigenvalue weighted by atomic mass is 10.0. The van der Waals surface area contributed by atoms with Gasteiger partial charge in [-0.2, -0.15) is 11.8 Å². The predicted molar refractivity (Wildman–Crippen MR) is 77.0 cm³/mol. The number of halogens is 1. The second kappa shape index (κ2) is 7.02. The summed E-state index contributed by atoms with van der Waals surface area (Å²) < 4.78 is 0. The van der Waals surface area contributed by atoms with Crippen LogP contribution in [0.1, 0.15) is 25.5 Å². The van der Waals surface area contributed by atoms with Gasteiger partial charge in [-0.25, -0.2) is 0 Å². The zero-order valence-corrected chi connectivity index (χ0v) is 12.3. The van der Waals surface area contributed by atoms with Crippen LogP contribution >= 0.6 is 23.4 Å². The van der Waals surface area contributed by atoms with Gasteiger partial charge in [0.2, 0.25) is 5.91 Å². The van der Waals surface area contributed by atoms with E-state index in [9.17, 15) is 9.90 Å². The molecule has 1 aromatic carbocycles. The number of thioether (sulfide) groups is 1. The number of hydrogen-bond acceptors (Lipinski definition) is 3. The third-order valence-corrected chi connectivity index (χ3v) is 3.95. The molecule has 0 aliphatic carbocycles. The van der Waals surface area contributed by atoms with Gasteiger partial charge in [-0.3, -0.25) is 4.79 Å². The van der Waals surface area contributed by atoms with Crippen molar-refractivity contribution in [3.8, 4) is 0 Å². The molecular formula is C13H18ClNO2S. The van der Waals surface area contributed by atoms with E-state index in [2.05, 4.69) is 5.32 Å². The summed E-state index contributed by atoms with van der Waals surface area (Å²) in [4.78, 5) is 11.7. The van der Waals surface area contributed by atoms with Gasteiger partial charge in [0.15, 0.2) is 0 Å². The molecule has 0 radical (unpaired) electrons. The summed E-state index contributed by atoms with van der Waals surface area (Å²) in [7, 11) is 0. The van der Waals surface area contributed by atoms with Crippen molar-refractivity contribution < 1.29 is 9.90 Å². The van der Waals surface area contributed by atoms with E-state index in [0.29, 0.717) is 5.02 Å². The summed E-state index contributed by atoms with van der Waals surface area (Å²) in [5.41, 5.74) is 0.740. The number of rotatable bonds is 5. The summed E-state index contributed by atoms with van der Waals surface area (Å²) in [5.74, 6) is -0.0667. The minimum absolute atomic E-state index is 0.0667. The maximum atomic E-state index is 11.7. The van der Waals surface area contributed by atoms with Gasteiger partial charge in [-0.1, -0.05) is 23.7 Å². The molecule has 3 atom stereocenters. The van der Waals surface area contributed by atoms with E-state index in [-0.39, 0.29) is 17.2 Å². The number of aliphatic hydroxyl groups excluding tert-OH is 1. The van der Waals surface area contributed by atoms with Crippen molar-refractivity contribution in [2.24, 2.45) is 0 Å². The number of nitrogens with one attached hydrogen (secondary N) is 1.